The van der Waals surface area contributed by atoms with Crippen molar-refractivity contribution in [2.75, 3.05) is 13.1 Å². The van der Waals surface area contributed by atoms with E-state index >= 15 is 0 Å². The molecule has 1 aromatic heterocycles. The van der Waals surface area contributed by atoms with Crippen LogP contribution in [0.4, 0.5) is 4.39 Å². The molecule has 2 aromatic rings. The molecule has 0 unspecified atom stereocenters. The average Bonchev–Trinajstić information content (AvgIpc) is 3.29. The number of likely N-dealkylation sites (tertiary alicyclic amines) is 1. The molecule has 0 radical (unpaired) electrons. The number of aryl methyl sites for hydroxylation is 1. The lowest BCUT2D eigenvalue weighted by atomic mass is 10.0. The Hall–Kier alpha value is -2.43. The molecule has 1 aliphatic heterocycles. The number of halogens is 1. The Morgan fingerprint density at radius 3 is 2.80 bits per heavy atom. The zero-order valence-corrected chi connectivity index (χ0v) is 14.4. The SMILES string of the molecule is Cn1cc([C@@H]2C[C@H]2C(=O)N2CCC(=Cc3cccc(F)c3)CC2)cn1. The van der Waals surface area contributed by atoms with Crippen molar-refractivity contribution in [2.45, 2.75) is 25.2 Å². The number of aromatic nitrogens is 2. The minimum Gasteiger partial charge on any atom is -0.342 e. The molecule has 0 bridgehead atoms. The molecule has 1 amide bonds. The monoisotopic (exact) mass is 339 g/mol. The summed E-state index contributed by atoms with van der Waals surface area (Å²) < 4.78 is 15.1. The maximum Gasteiger partial charge on any atom is 0.226 e. The van der Waals surface area contributed by atoms with Crippen molar-refractivity contribution >= 4 is 12.0 Å². The summed E-state index contributed by atoms with van der Waals surface area (Å²) in [6.45, 7) is 1.52. The molecule has 1 aromatic carbocycles. The molecule has 2 fully saturated rings. The van der Waals surface area contributed by atoms with E-state index in [1.54, 1.807) is 16.8 Å². The quantitative estimate of drug-likeness (QED) is 0.860. The first-order valence-corrected chi connectivity index (χ1v) is 8.82. The van der Waals surface area contributed by atoms with Crippen molar-refractivity contribution in [3.63, 3.8) is 0 Å². The van der Waals surface area contributed by atoms with Gasteiger partial charge in [-0.1, -0.05) is 23.8 Å². The summed E-state index contributed by atoms with van der Waals surface area (Å²) in [6, 6.07) is 6.65. The van der Waals surface area contributed by atoms with Gasteiger partial charge in [-0.15, -0.1) is 0 Å². The minimum absolute atomic E-state index is 0.123. The van der Waals surface area contributed by atoms with Crippen LogP contribution in [0.2, 0.25) is 0 Å². The molecule has 2 heterocycles. The van der Waals surface area contributed by atoms with Crippen LogP contribution >= 0.6 is 0 Å². The Bertz CT molecular complexity index is 816. The smallest absolute Gasteiger partial charge is 0.226 e. The van der Waals surface area contributed by atoms with Gasteiger partial charge in [-0.05, 0) is 48.4 Å². The van der Waals surface area contributed by atoms with Gasteiger partial charge in [-0.25, -0.2) is 4.39 Å². The molecule has 2 atom stereocenters. The number of benzene rings is 1. The summed E-state index contributed by atoms with van der Waals surface area (Å²) >= 11 is 0. The van der Waals surface area contributed by atoms with E-state index in [4.69, 9.17) is 0 Å². The molecule has 25 heavy (non-hydrogen) atoms. The Kier molecular flexibility index (Phi) is 4.15. The normalized spacial score (nSPS) is 22.8. The average molecular weight is 339 g/mol. The molecular formula is C20H22FN3O. The summed E-state index contributed by atoms with van der Waals surface area (Å²) in [5.41, 5.74) is 3.35. The van der Waals surface area contributed by atoms with Gasteiger partial charge in [-0.2, -0.15) is 5.10 Å². The number of carbonyl (C=O) groups is 1. The van der Waals surface area contributed by atoms with Crippen LogP contribution in [0.3, 0.4) is 0 Å². The number of amides is 1. The standard InChI is InChI=1S/C20H22FN3O/c1-23-13-16(12-22-23)18-11-19(18)20(25)24-7-5-14(6-8-24)9-15-3-2-4-17(21)10-15/h2-4,9-10,12-13,18-19H,5-8,11H2,1H3/t18-,19+/m0/s1. The maximum atomic E-state index is 13.3. The number of carbonyl (C=O) groups excluding carboxylic acids is 1. The lowest BCUT2D eigenvalue weighted by Crippen LogP contribution is -2.37. The van der Waals surface area contributed by atoms with Gasteiger partial charge in [0.2, 0.25) is 5.91 Å². The van der Waals surface area contributed by atoms with Crippen LogP contribution in [0.25, 0.3) is 6.08 Å². The Morgan fingerprint density at radius 1 is 1.32 bits per heavy atom. The molecule has 1 saturated heterocycles. The highest BCUT2D eigenvalue weighted by Crippen LogP contribution is 2.48. The molecule has 2 aliphatic rings. The second-order valence-corrected chi connectivity index (χ2v) is 7.08. The number of rotatable bonds is 3. The van der Waals surface area contributed by atoms with Crippen LogP contribution < -0.4 is 0 Å². The Labute approximate surface area is 146 Å². The summed E-state index contributed by atoms with van der Waals surface area (Å²) in [5, 5.41) is 4.20. The lowest BCUT2D eigenvalue weighted by molar-refractivity contribution is -0.133. The third-order valence-corrected chi connectivity index (χ3v) is 5.20. The molecule has 1 aliphatic carbocycles. The van der Waals surface area contributed by atoms with E-state index in [1.807, 2.05) is 30.4 Å². The number of hydrogen-bond acceptors (Lipinski definition) is 2. The first-order valence-electron chi connectivity index (χ1n) is 8.82. The molecule has 5 heteroatoms. The number of nitrogens with zero attached hydrogens (tertiary/aromatic N) is 3. The fourth-order valence-electron chi connectivity index (χ4n) is 3.69. The van der Waals surface area contributed by atoms with Gasteiger partial charge in [0.1, 0.15) is 5.82 Å². The maximum absolute atomic E-state index is 13.3. The van der Waals surface area contributed by atoms with Gasteiger partial charge < -0.3 is 4.90 Å². The first kappa shape index (κ1) is 16.1. The molecule has 4 rings (SSSR count). The molecule has 0 spiro atoms. The summed E-state index contributed by atoms with van der Waals surface area (Å²) in [4.78, 5) is 14.7. The van der Waals surface area contributed by atoms with Crippen LogP contribution in [-0.4, -0.2) is 33.7 Å². The number of hydrogen-bond donors (Lipinski definition) is 0. The minimum atomic E-state index is -0.211. The lowest BCUT2D eigenvalue weighted by Gasteiger charge is -2.29. The second-order valence-electron chi connectivity index (χ2n) is 7.08. The van der Waals surface area contributed by atoms with E-state index in [0.717, 1.165) is 37.9 Å². The van der Waals surface area contributed by atoms with Crippen molar-refractivity contribution in [1.29, 1.82) is 0 Å². The van der Waals surface area contributed by atoms with Crippen LogP contribution in [0.5, 0.6) is 0 Å². The Morgan fingerprint density at radius 2 is 2.12 bits per heavy atom. The second kappa shape index (κ2) is 6.47. The van der Waals surface area contributed by atoms with Crippen molar-refractivity contribution < 1.29 is 9.18 Å². The van der Waals surface area contributed by atoms with Crippen LogP contribution in [0.15, 0.2) is 42.2 Å². The predicted octanol–water partition coefficient (Wildman–Crippen LogP) is 3.37. The molecule has 1 saturated carbocycles. The molecular weight excluding hydrogens is 317 g/mol. The van der Waals surface area contributed by atoms with Gasteiger partial charge >= 0.3 is 0 Å². The zero-order valence-electron chi connectivity index (χ0n) is 14.4. The molecule has 4 nitrogen and oxygen atoms in total. The van der Waals surface area contributed by atoms with Gasteiger partial charge in [0.05, 0.1) is 6.20 Å². The van der Waals surface area contributed by atoms with E-state index in [9.17, 15) is 9.18 Å². The first-order chi connectivity index (χ1) is 12.1. The third kappa shape index (κ3) is 3.50. The largest absolute Gasteiger partial charge is 0.342 e. The zero-order chi connectivity index (χ0) is 17.4. The molecule has 0 N–H and O–H groups in total. The van der Waals surface area contributed by atoms with Crippen molar-refractivity contribution in [3.05, 3.63) is 59.2 Å². The van der Waals surface area contributed by atoms with E-state index in [0.29, 0.717) is 5.92 Å². The highest BCUT2D eigenvalue weighted by molar-refractivity contribution is 5.83. The van der Waals surface area contributed by atoms with E-state index in [2.05, 4.69) is 11.2 Å². The summed E-state index contributed by atoms with van der Waals surface area (Å²) in [6.07, 6.45) is 8.61. The van der Waals surface area contributed by atoms with Gasteiger partial charge in [0.25, 0.3) is 0 Å². The summed E-state index contributed by atoms with van der Waals surface area (Å²) in [5.74, 6) is 0.527. The van der Waals surface area contributed by atoms with Crippen molar-refractivity contribution in [3.8, 4) is 0 Å². The van der Waals surface area contributed by atoms with Crippen molar-refractivity contribution in [2.24, 2.45) is 13.0 Å². The predicted molar refractivity (Wildman–Crippen MR) is 94.2 cm³/mol. The van der Waals surface area contributed by atoms with E-state index < -0.39 is 0 Å². The van der Waals surface area contributed by atoms with Crippen molar-refractivity contribution in [1.82, 2.24) is 14.7 Å². The van der Waals surface area contributed by atoms with Crippen LogP contribution in [-0.2, 0) is 11.8 Å². The van der Waals surface area contributed by atoms with Gasteiger partial charge in [-0.3, -0.25) is 9.48 Å². The summed E-state index contributed by atoms with van der Waals surface area (Å²) in [7, 11) is 1.90. The van der Waals surface area contributed by atoms with Crippen LogP contribution in [0.1, 0.15) is 36.3 Å². The topological polar surface area (TPSA) is 38.1 Å². The van der Waals surface area contributed by atoms with E-state index in [-0.39, 0.29) is 17.6 Å². The fraction of sp³-hybridized carbons (Fsp3) is 0.400. The van der Waals surface area contributed by atoms with Crippen LogP contribution in [0, 0.1) is 11.7 Å². The van der Waals surface area contributed by atoms with Gasteiger partial charge in [0.15, 0.2) is 0 Å². The highest BCUT2D eigenvalue weighted by atomic mass is 19.1. The highest BCUT2D eigenvalue weighted by Gasteiger charge is 2.46. The van der Waals surface area contributed by atoms with E-state index in [1.165, 1.54) is 17.2 Å². The third-order valence-electron chi connectivity index (χ3n) is 5.20. The number of piperidine rings is 1. The molecule has 130 valence electrons. The van der Waals surface area contributed by atoms with Gasteiger partial charge in [0, 0.05) is 32.3 Å². The Balaban J connectivity index is 1.34. The fourth-order valence-corrected chi connectivity index (χ4v) is 3.69.